The molecule has 0 saturated heterocycles. The quantitative estimate of drug-likeness (QED) is 0.763. The van der Waals surface area contributed by atoms with Crippen molar-refractivity contribution >= 4 is 11.5 Å². The van der Waals surface area contributed by atoms with Crippen molar-refractivity contribution in [3.63, 3.8) is 0 Å². The Morgan fingerprint density at radius 2 is 2.09 bits per heavy atom. The second-order valence-electron chi connectivity index (χ2n) is 6.42. The summed E-state index contributed by atoms with van der Waals surface area (Å²) in [4.78, 5) is 23.1. The Labute approximate surface area is 133 Å². The molecule has 0 spiro atoms. The van der Waals surface area contributed by atoms with Gasteiger partial charge in [0.25, 0.3) is 5.56 Å². The maximum Gasteiger partial charge on any atom is 0.293 e. The third kappa shape index (κ3) is 2.92. The Balaban J connectivity index is 1.91. The molecule has 3 heterocycles. The van der Waals surface area contributed by atoms with Crippen molar-refractivity contribution in [1.29, 1.82) is 0 Å². The number of H-pyrrole nitrogens is 1. The van der Waals surface area contributed by atoms with E-state index in [2.05, 4.69) is 51.2 Å². The molecule has 0 aliphatic rings. The van der Waals surface area contributed by atoms with Gasteiger partial charge in [0.1, 0.15) is 11.6 Å². The molecule has 0 aliphatic carbocycles. The van der Waals surface area contributed by atoms with Crippen molar-refractivity contribution in [2.24, 2.45) is 0 Å². The molecule has 3 rings (SSSR count). The Hall–Kier alpha value is -2.77. The summed E-state index contributed by atoms with van der Waals surface area (Å²) in [5.41, 5.74) is -0.125. The first-order valence-corrected chi connectivity index (χ1v) is 7.38. The van der Waals surface area contributed by atoms with Gasteiger partial charge in [-0.15, -0.1) is 10.2 Å². The monoisotopic (exact) mass is 313 g/mol. The number of aromatic nitrogens is 6. The van der Waals surface area contributed by atoms with E-state index >= 15 is 0 Å². The van der Waals surface area contributed by atoms with Gasteiger partial charge < -0.3 is 10.3 Å². The van der Waals surface area contributed by atoms with Crippen LogP contribution in [0, 0.1) is 0 Å². The van der Waals surface area contributed by atoms with E-state index in [1.165, 1.54) is 0 Å². The van der Waals surface area contributed by atoms with Crippen molar-refractivity contribution in [2.75, 3.05) is 5.32 Å². The number of nitrogens with one attached hydrogen (secondary N) is 2. The van der Waals surface area contributed by atoms with Crippen LogP contribution in [0.3, 0.4) is 0 Å². The first-order chi connectivity index (χ1) is 10.9. The Bertz CT molecular complexity index is 890. The molecule has 120 valence electrons. The smallest absolute Gasteiger partial charge is 0.293 e. The Kier molecular flexibility index (Phi) is 3.59. The number of fused-ring (bicyclic) bond motifs is 1. The second kappa shape index (κ2) is 5.45. The van der Waals surface area contributed by atoms with Gasteiger partial charge in [-0.05, 0) is 13.0 Å². The minimum Gasteiger partial charge on any atom is -0.360 e. The van der Waals surface area contributed by atoms with Crippen LogP contribution < -0.4 is 10.9 Å². The van der Waals surface area contributed by atoms with Crippen molar-refractivity contribution in [3.05, 3.63) is 46.7 Å². The number of hydrogen-bond acceptors (Lipinski definition) is 6. The van der Waals surface area contributed by atoms with Gasteiger partial charge in [0.15, 0.2) is 5.82 Å². The second-order valence-corrected chi connectivity index (χ2v) is 6.42. The molecule has 0 saturated carbocycles. The number of nitrogens with zero attached hydrogens (tertiary/aromatic N) is 5. The zero-order chi connectivity index (χ0) is 16.6. The largest absolute Gasteiger partial charge is 0.360 e. The number of rotatable bonds is 3. The fourth-order valence-electron chi connectivity index (χ4n) is 2.24. The van der Waals surface area contributed by atoms with Gasteiger partial charge in [-0.1, -0.05) is 20.8 Å². The molecule has 3 aromatic rings. The highest BCUT2D eigenvalue weighted by molar-refractivity contribution is 5.39. The molecule has 0 bridgehead atoms. The van der Waals surface area contributed by atoms with Crippen LogP contribution in [0.2, 0.25) is 0 Å². The lowest BCUT2D eigenvalue weighted by molar-refractivity contribution is 0.545. The standard InChI is InChI=1S/C15H19N7O/c1-9(11-20-21-12-13(23)16-7-8-22(11)12)18-10-5-6-17-14(19-10)15(2,3)4/h5-9H,1-4H3,(H,16,23)(H,17,18,19). The topological polar surface area (TPSA) is 101 Å². The minimum atomic E-state index is -0.268. The predicted molar refractivity (Wildman–Crippen MR) is 86.4 cm³/mol. The molecular formula is C15H19N7O. The first kappa shape index (κ1) is 15.1. The molecule has 23 heavy (non-hydrogen) atoms. The lowest BCUT2D eigenvalue weighted by Gasteiger charge is -2.18. The van der Waals surface area contributed by atoms with Gasteiger partial charge in [0.2, 0.25) is 5.65 Å². The van der Waals surface area contributed by atoms with Crippen LogP contribution in [0.4, 0.5) is 5.82 Å². The van der Waals surface area contributed by atoms with Gasteiger partial charge >= 0.3 is 0 Å². The molecule has 1 atom stereocenters. The van der Waals surface area contributed by atoms with Crippen LogP contribution >= 0.6 is 0 Å². The molecule has 8 nitrogen and oxygen atoms in total. The molecule has 8 heteroatoms. The van der Waals surface area contributed by atoms with Gasteiger partial charge in [-0.3, -0.25) is 9.20 Å². The summed E-state index contributed by atoms with van der Waals surface area (Å²) in [6.07, 6.45) is 5.03. The van der Waals surface area contributed by atoms with E-state index in [1.807, 2.05) is 13.0 Å². The Morgan fingerprint density at radius 3 is 2.83 bits per heavy atom. The van der Waals surface area contributed by atoms with Gasteiger partial charge in [-0.25, -0.2) is 9.97 Å². The van der Waals surface area contributed by atoms with Crippen LogP contribution in [0.15, 0.2) is 29.5 Å². The zero-order valence-electron chi connectivity index (χ0n) is 13.5. The summed E-state index contributed by atoms with van der Waals surface area (Å²) >= 11 is 0. The lowest BCUT2D eigenvalue weighted by atomic mass is 9.96. The van der Waals surface area contributed by atoms with Gasteiger partial charge in [-0.2, -0.15) is 0 Å². The van der Waals surface area contributed by atoms with Crippen LogP contribution in [0.25, 0.3) is 5.65 Å². The average molecular weight is 313 g/mol. The zero-order valence-corrected chi connectivity index (χ0v) is 13.5. The summed E-state index contributed by atoms with van der Waals surface area (Å²) < 4.78 is 1.67. The Morgan fingerprint density at radius 1 is 1.30 bits per heavy atom. The summed E-state index contributed by atoms with van der Waals surface area (Å²) in [5.74, 6) is 2.11. The van der Waals surface area contributed by atoms with E-state index in [0.717, 1.165) is 5.82 Å². The fourth-order valence-corrected chi connectivity index (χ4v) is 2.24. The molecule has 0 amide bonds. The maximum atomic E-state index is 11.7. The SMILES string of the molecule is CC(Nc1ccnc(C(C)(C)C)n1)c1nnc2c(=O)[nH]ccn12. The van der Waals surface area contributed by atoms with E-state index < -0.39 is 0 Å². The third-order valence-electron chi connectivity index (χ3n) is 3.44. The van der Waals surface area contributed by atoms with E-state index in [9.17, 15) is 4.79 Å². The van der Waals surface area contributed by atoms with Crippen molar-refractivity contribution in [3.8, 4) is 0 Å². The summed E-state index contributed by atoms with van der Waals surface area (Å²) in [6.45, 7) is 8.13. The van der Waals surface area contributed by atoms with E-state index in [4.69, 9.17) is 0 Å². The normalized spacial score (nSPS) is 13.2. The van der Waals surface area contributed by atoms with Crippen LogP contribution in [-0.2, 0) is 5.41 Å². The maximum absolute atomic E-state index is 11.7. The molecule has 0 aromatic carbocycles. The van der Waals surface area contributed by atoms with Gasteiger partial charge in [0, 0.05) is 24.0 Å². The van der Waals surface area contributed by atoms with Gasteiger partial charge in [0.05, 0.1) is 6.04 Å². The summed E-state index contributed by atoms with van der Waals surface area (Å²) in [7, 11) is 0. The molecule has 0 fully saturated rings. The molecule has 1 unspecified atom stereocenters. The third-order valence-corrected chi connectivity index (χ3v) is 3.44. The van der Waals surface area contributed by atoms with Crippen molar-refractivity contribution in [1.82, 2.24) is 29.5 Å². The molecule has 0 radical (unpaired) electrons. The van der Waals surface area contributed by atoms with E-state index in [1.54, 1.807) is 23.0 Å². The molecular weight excluding hydrogens is 294 g/mol. The molecule has 3 aromatic heterocycles. The summed E-state index contributed by atoms with van der Waals surface area (Å²) in [5, 5.41) is 11.3. The average Bonchev–Trinajstić information content (AvgIpc) is 2.92. The van der Waals surface area contributed by atoms with Crippen LogP contribution in [0.5, 0.6) is 0 Å². The molecule has 0 aliphatic heterocycles. The highest BCUT2D eigenvalue weighted by Crippen LogP contribution is 2.21. The summed E-state index contributed by atoms with van der Waals surface area (Å²) in [6, 6.07) is 1.64. The van der Waals surface area contributed by atoms with Crippen molar-refractivity contribution < 1.29 is 0 Å². The first-order valence-electron chi connectivity index (χ1n) is 7.38. The lowest BCUT2D eigenvalue weighted by Crippen LogP contribution is -2.18. The minimum absolute atomic E-state index is 0.129. The van der Waals surface area contributed by atoms with Crippen molar-refractivity contribution in [2.45, 2.75) is 39.2 Å². The number of hydrogen-bond donors (Lipinski definition) is 2. The predicted octanol–water partition coefficient (Wildman–Crippen LogP) is 1.68. The highest BCUT2D eigenvalue weighted by atomic mass is 16.1. The van der Waals surface area contributed by atoms with Crippen LogP contribution in [0.1, 0.15) is 45.4 Å². The van der Waals surface area contributed by atoms with Crippen LogP contribution in [-0.4, -0.2) is 29.5 Å². The fraction of sp³-hybridized carbons (Fsp3) is 0.400. The number of anilines is 1. The number of aromatic amines is 1. The van der Waals surface area contributed by atoms with E-state index in [0.29, 0.717) is 11.6 Å². The highest BCUT2D eigenvalue weighted by Gasteiger charge is 2.19. The molecule has 2 N–H and O–H groups in total. The van der Waals surface area contributed by atoms with E-state index in [-0.39, 0.29) is 22.7 Å².